The van der Waals surface area contributed by atoms with E-state index in [9.17, 15) is 4.79 Å². The van der Waals surface area contributed by atoms with Gasteiger partial charge in [-0.15, -0.1) is 0 Å². The molecule has 0 aromatic carbocycles. The lowest BCUT2D eigenvalue weighted by molar-refractivity contribution is 0.0678. The SMILES string of the molecule is Cc1cc(C(=O)N2CCCC(n3ccnc3)C2)c(C)n1CC1CC1. The average Bonchev–Trinajstić information content (AvgIpc) is 3.16. The maximum absolute atomic E-state index is 13.1. The van der Waals surface area contributed by atoms with Gasteiger partial charge in [0.15, 0.2) is 0 Å². The van der Waals surface area contributed by atoms with Crippen molar-refractivity contribution in [2.45, 2.75) is 52.1 Å². The molecular formula is C19H26N4O. The molecule has 1 saturated carbocycles. The van der Waals surface area contributed by atoms with E-state index >= 15 is 0 Å². The van der Waals surface area contributed by atoms with Crippen LogP contribution in [0.15, 0.2) is 24.8 Å². The summed E-state index contributed by atoms with van der Waals surface area (Å²) in [6.45, 7) is 6.93. The van der Waals surface area contributed by atoms with E-state index in [2.05, 4.69) is 34.0 Å². The van der Waals surface area contributed by atoms with Crippen molar-refractivity contribution in [3.63, 3.8) is 0 Å². The van der Waals surface area contributed by atoms with E-state index in [1.807, 2.05) is 23.6 Å². The summed E-state index contributed by atoms with van der Waals surface area (Å²) >= 11 is 0. The number of imidazole rings is 1. The number of carbonyl (C=O) groups excluding carboxylic acids is 1. The van der Waals surface area contributed by atoms with Crippen LogP contribution in [0.2, 0.25) is 0 Å². The van der Waals surface area contributed by atoms with Crippen molar-refractivity contribution in [3.8, 4) is 0 Å². The molecule has 5 heteroatoms. The Hall–Kier alpha value is -2.04. The number of hydrogen-bond donors (Lipinski definition) is 0. The van der Waals surface area contributed by atoms with Gasteiger partial charge in [-0.3, -0.25) is 4.79 Å². The van der Waals surface area contributed by atoms with Gasteiger partial charge in [0.1, 0.15) is 0 Å². The summed E-state index contributed by atoms with van der Waals surface area (Å²) in [5.41, 5.74) is 3.24. The van der Waals surface area contributed by atoms with Gasteiger partial charge in [0.05, 0.1) is 17.9 Å². The number of amides is 1. The number of carbonyl (C=O) groups is 1. The number of nitrogens with zero attached hydrogens (tertiary/aromatic N) is 4. The highest BCUT2D eigenvalue weighted by Gasteiger charge is 2.29. The molecule has 3 heterocycles. The number of rotatable bonds is 4. The van der Waals surface area contributed by atoms with Crippen LogP contribution in [0, 0.1) is 19.8 Å². The first-order valence-electron chi connectivity index (χ1n) is 9.07. The molecule has 1 aliphatic heterocycles. The smallest absolute Gasteiger partial charge is 0.255 e. The Labute approximate surface area is 143 Å². The third kappa shape index (κ3) is 2.87. The predicted octanol–water partition coefficient (Wildman–Crippen LogP) is 3.19. The maximum atomic E-state index is 13.1. The van der Waals surface area contributed by atoms with E-state index in [4.69, 9.17) is 0 Å². The van der Waals surface area contributed by atoms with Crippen molar-refractivity contribution >= 4 is 5.91 Å². The molecule has 1 amide bonds. The minimum absolute atomic E-state index is 0.190. The highest BCUT2D eigenvalue weighted by Crippen LogP contribution is 2.32. The second kappa shape index (κ2) is 6.11. The molecule has 4 rings (SSSR count). The zero-order valence-corrected chi connectivity index (χ0v) is 14.6. The lowest BCUT2D eigenvalue weighted by Crippen LogP contribution is -2.40. The van der Waals surface area contributed by atoms with Crippen LogP contribution in [0.25, 0.3) is 0 Å². The standard InChI is InChI=1S/C19H26N4O/c1-14-10-18(15(2)23(14)11-16-5-6-16)19(24)21-8-3-4-17(12-21)22-9-7-20-13-22/h7,9-10,13,16-17H,3-6,8,11-12H2,1-2H3. The van der Waals surface area contributed by atoms with Crippen molar-refractivity contribution in [2.75, 3.05) is 13.1 Å². The first-order valence-corrected chi connectivity index (χ1v) is 9.07. The zero-order chi connectivity index (χ0) is 16.7. The molecule has 1 unspecified atom stereocenters. The van der Waals surface area contributed by atoms with Gasteiger partial charge >= 0.3 is 0 Å². The quantitative estimate of drug-likeness (QED) is 0.866. The Balaban J connectivity index is 1.52. The highest BCUT2D eigenvalue weighted by molar-refractivity contribution is 5.95. The fourth-order valence-corrected chi connectivity index (χ4v) is 3.90. The molecule has 0 radical (unpaired) electrons. The van der Waals surface area contributed by atoms with E-state index in [0.717, 1.165) is 49.7 Å². The Morgan fingerprint density at radius 1 is 1.29 bits per heavy atom. The molecule has 0 bridgehead atoms. The minimum Gasteiger partial charge on any atom is -0.348 e. The lowest BCUT2D eigenvalue weighted by Gasteiger charge is -2.33. The summed E-state index contributed by atoms with van der Waals surface area (Å²) < 4.78 is 4.47. The molecule has 2 aromatic heterocycles. The fourth-order valence-electron chi connectivity index (χ4n) is 3.90. The van der Waals surface area contributed by atoms with Crippen LogP contribution in [-0.4, -0.2) is 38.0 Å². The monoisotopic (exact) mass is 326 g/mol. The van der Waals surface area contributed by atoms with Crippen molar-refractivity contribution in [2.24, 2.45) is 5.92 Å². The Morgan fingerprint density at radius 2 is 2.12 bits per heavy atom. The topological polar surface area (TPSA) is 43.1 Å². The van der Waals surface area contributed by atoms with Crippen LogP contribution in [0.1, 0.15) is 53.5 Å². The van der Waals surface area contributed by atoms with Gasteiger partial charge in [0, 0.05) is 43.4 Å². The second-order valence-corrected chi connectivity index (χ2v) is 7.40. The van der Waals surface area contributed by atoms with Gasteiger partial charge in [-0.2, -0.15) is 0 Å². The van der Waals surface area contributed by atoms with Crippen LogP contribution in [0.5, 0.6) is 0 Å². The highest BCUT2D eigenvalue weighted by atomic mass is 16.2. The van der Waals surface area contributed by atoms with Gasteiger partial charge in [-0.05, 0) is 51.5 Å². The van der Waals surface area contributed by atoms with Gasteiger partial charge in [0.2, 0.25) is 0 Å². The molecule has 128 valence electrons. The number of piperidine rings is 1. The number of aromatic nitrogens is 3. The summed E-state index contributed by atoms with van der Waals surface area (Å²) in [4.78, 5) is 19.3. The summed E-state index contributed by atoms with van der Waals surface area (Å²) in [6.07, 6.45) is 10.5. The van der Waals surface area contributed by atoms with E-state index in [-0.39, 0.29) is 5.91 Å². The van der Waals surface area contributed by atoms with E-state index in [0.29, 0.717) is 6.04 Å². The Kier molecular flexibility index (Phi) is 3.94. The Bertz CT molecular complexity index is 727. The van der Waals surface area contributed by atoms with Crippen molar-refractivity contribution in [1.29, 1.82) is 0 Å². The van der Waals surface area contributed by atoms with Gasteiger partial charge < -0.3 is 14.0 Å². The zero-order valence-electron chi connectivity index (χ0n) is 14.6. The minimum atomic E-state index is 0.190. The van der Waals surface area contributed by atoms with E-state index < -0.39 is 0 Å². The number of hydrogen-bond acceptors (Lipinski definition) is 2. The van der Waals surface area contributed by atoms with Crippen molar-refractivity contribution in [3.05, 3.63) is 41.7 Å². The molecule has 2 aliphatic rings. The molecule has 24 heavy (non-hydrogen) atoms. The van der Waals surface area contributed by atoms with Gasteiger partial charge in [-0.1, -0.05) is 0 Å². The fraction of sp³-hybridized carbons (Fsp3) is 0.579. The molecule has 5 nitrogen and oxygen atoms in total. The third-order valence-electron chi connectivity index (χ3n) is 5.57. The average molecular weight is 326 g/mol. The predicted molar refractivity (Wildman–Crippen MR) is 93.0 cm³/mol. The molecular weight excluding hydrogens is 300 g/mol. The Morgan fingerprint density at radius 3 is 2.83 bits per heavy atom. The summed E-state index contributed by atoms with van der Waals surface area (Å²) in [6, 6.07) is 2.43. The third-order valence-corrected chi connectivity index (χ3v) is 5.57. The number of likely N-dealkylation sites (tertiary alicyclic amines) is 1. The summed E-state index contributed by atoms with van der Waals surface area (Å²) in [7, 11) is 0. The summed E-state index contributed by atoms with van der Waals surface area (Å²) in [5.74, 6) is 1.01. The van der Waals surface area contributed by atoms with Crippen LogP contribution in [0.3, 0.4) is 0 Å². The van der Waals surface area contributed by atoms with Crippen LogP contribution in [-0.2, 0) is 6.54 Å². The van der Waals surface area contributed by atoms with Crippen molar-refractivity contribution in [1.82, 2.24) is 19.0 Å². The largest absolute Gasteiger partial charge is 0.348 e. The molecule has 1 saturated heterocycles. The van der Waals surface area contributed by atoms with Gasteiger partial charge in [0.25, 0.3) is 5.91 Å². The van der Waals surface area contributed by atoms with E-state index in [1.165, 1.54) is 18.5 Å². The first kappa shape index (κ1) is 15.5. The normalized spacial score (nSPS) is 21.2. The lowest BCUT2D eigenvalue weighted by atomic mass is 10.0. The van der Waals surface area contributed by atoms with E-state index in [1.54, 1.807) is 0 Å². The van der Waals surface area contributed by atoms with Crippen LogP contribution >= 0.6 is 0 Å². The molecule has 0 N–H and O–H groups in total. The van der Waals surface area contributed by atoms with Crippen molar-refractivity contribution < 1.29 is 4.79 Å². The summed E-state index contributed by atoms with van der Waals surface area (Å²) in [5, 5.41) is 0. The molecule has 2 fully saturated rings. The maximum Gasteiger partial charge on any atom is 0.255 e. The van der Waals surface area contributed by atoms with Crippen LogP contribution in [0.4, 0.5) is 0 Å². The number of aryl methyl sites for hydroxylation is 1. The molecule has 2 aromatic rings. The van der Waals surface area contributed by atoms with Crippen LogP contribution < -0.4 is 0 Å². The first-order chi connectivity index (χ1) is 11.6. The second-order valence-electron chi connectivity index (χ2n) is 7.40. The molecule has 1 atom stereocenters. The van der Waals surface area contributed by atoms with Gasteiger partial charge in [-0.25, -0.2) is 4.98 Å². The molecule has 1 aliphatic carbocycles. The molecule has 0 spiro atoms.